The lowest BCUT2D eigenvalue weighted by atomic mass is 10.1. The highest BCUT2D eigenvalue weighted by Crippen LogP contribution is 2.04. The lowest BCUT2D eigenvalue weighted by Crippen LogP contribution is -2.29. The molecule has 0 spiro atoms. The number of sulfonamides is 1. The van der Waals surface area contributed by atoms with E-state index in [1.807, 2.05) is 0 Å². The van der Waals surface area contributed by atoms with E-state index in [4.69, 9.17) is 5.11 Å². The fourth-order valence-electron chi connectivity index (χ4n) is 1.29. The molecule has 1 aromatic rings. The molecular formula is C11H17NO5S2. The van der Waals surface area contributed by atoms with Crippen LogP contribution in [0, 0.1) is 0 Å². The molecule has 2 N–H and O–H groups in total. The molecule has 0 aromatic heterocycles. The molecule has 6 nitrogen and oxygen atoms in total. The molecule has 0 heterocycles. The molecule has 0 radical (unpaired) electrons. The van der Waals surface area contributed by atoms with Crippen LogP contribution in [0.1, 0.15) is 11.1 Å². The van der Waals surface area contributed by atoms with E-state index in [9.17, 15) is 16.8 Å². The van der Waals surface area contributed by atoms with Gasteiger partial charge in [-0.05, 0) is 11.1 Å². The number of rotatable bonds is 7. The molecule has 1 aromatic carbocycles. The van der Waals surface area contributed by atoms with E-state index < -0.39 is 31.4 Å². The van der Waals surface area contributed by atoms with Crippen molar-refractivity contribution in [1.29, 1.82) is 0 Å². The molecule has 19 heavy (non-hydrogen) atoms. The zero-order chi connectivity index (χ0) is 14.5. The van der Waals surface area contributed by atoms with E-state index in [1.54, 1.807) is 24.3 Å². The van der Waals surface area contributed by atoms with Gasteiger partial charge < -0.3 is 5.11 Å². The number of hydrogen-bond donors (Lipinski definition) is 2. The van der Waals surface area contributed by atoms with Crippen molar-refractivity contribution in [3.05, 3.63) is 35.4 Å². The number of benzene rings is 1. The van der Waals surface area contributed by atoms with E-state index in [-0.39, 0.29) is 13.2 Å². The maximum Gasteiger partial charge on any atom is 0.212 e. The molecule has 0 saturated heterocycles. The maximum absolute atomic E-state index is 11.6. The predicted octanol–water partition coefficient (Wildman–Crippen LogP) is -0.357. The van der Waals surface area contributed by atoms with Crippen molar-refractivity contribution in [2.75, 3.05) is 17.8 Å². The summed E-state index contributed by atoms with van der Waals surface area (Å²) in [5.41, 5.74) is 1.48. The van der Waals surface area contributed by atoms with Crippen molar-refractivity contribution in [3.8, 4) is 0 Å². The van der Waals surface area contributed by atoms with Crippen LogP contribution in [0.15, 0.2) is 24.3 Å². The SMILES string of the molecule is CS(=O)(=O)CCS(=O)(=O)NCc1ccc(CO)cc1. The molecule has 0 aliphatic carbocycles. The van der Waals surface area contributed by atoms with Gasteiger partial charge in [-0.25, -0.2) is 21.6 Å². The Labute approximate surface area is 113 Å². The molecule has 0 unspecified atom stereocenters. The number of sulfone groups is 1. The monoisotopic (exact) mass is 307 g/mol. The molecule has 0 aliphatic heterocycles. The fourth-order valence-corrected chi connectivity index (χ4v) is 3.91. The first-order chi connectivity index (χ1) is 8.72. The van der Waals surface area contributed by atoms with Crippen molar-refractivity contribution in [1.82, 2.24) is 4.72 Å². The number of hydrogen-bond acceptors (Lipinski definition) is 5. The molecule has 0 amide bonds. The van der Waals surface area contributed by atoms with E-state index in [0.717, 1.165) is 17.4 Å². The van der Waals surface area contributed by atoms with Gasteiger partial charge in [0.05, 0.1) is 18.1 Å². The van der Waals surface area contributed by atoms with E-state index in [1.165, 1.54) is 0 Å². The summed E-state index contributed by atoms with van der Waals surface area (Å²) in [4.78, 5) is 0. The normalized spacial score (nSPS) is 12.5. The zero-order valence-electron chi connectivity index (χ0n) is 10.5. The van der Waals surface area contributed by atoms with Gasteiger partial charge >= 0.3 is 0 Å². The first-order valence-corrected chi connectivity index (χ1v) is 9.27. The van der Waals surface area contributed by atoms with Crippen LogP contribution < -0.4 is 4.72 Å². The Morgan fingerprint density at radius 1 is 1.00 bits per heavy atom. The Hall–Kier alpha value is -0.960. The first-order valence-electron chi connectivity index (χ1n) is 5.55. The quantitative estimate of drug-likeness (QED) is 0.716. The Kier molecular flexibility index (Phi) is 5.48. The third-order valence-corrected chi connectivity index (χ3v) is 4.95. The number of aliphatic hydroxyl groups excluding tert-OH is 1. The van der Waals surface area contributed by atoms with Crippen molar-refractivity contribution >= 4 is 19.9 Å². The summed E-state index contributed by atoms with van der Waals surface area (Å²) in [5, 5.41) is 8.87. The van der Waals surface area contributed by atoms with Gasteiger partial charge in [-0.3, -0.25) is 0 Å². The van der Waals surface area contributed by atoms with Crippen molar-refractivity contribution in [3.63, 3.8) is 0 Å². The van der Waals surface area contributed by atoms with Gasteiger partial charge in [0.1, 0.15) is 9.84 Å². The molecule has 1 rings (SSSR count). The molecule has 8 heteroatoms. The summed E-state index contributed by atoms with van der Waals surface area (Å²) < 4.78 is 47.3. The summed E-state index contributed by atoms with van der Waals surface area (Å²) in [6.45, 7) is 0.0260. The Bertz CT molecular complexity index is 605. The highest BCUT2D eigenvalue weighted by Gasteiger charge is 2.13. The van der Waals surface area contributed by atoms with Gasteiger partial charge in [0.25, 0.3) is 0 Å². The average Bonchev–Trinajstić information content (AvgIpc) is 2.34. The Morgan fingerprint density at radius 2 is 1.53 bits per heavy atom. The predicted molar refractivity (Wildman–Crippen MR) is 72.7 cm³/mol. The zero-order valence-corrected chi connectivity index (χ0v) is 12.2. The van der Waals surface area contributed by atoms with Crippen molar-refractivity contribution in [2.24, 2.45) is 0 Å². The standard InChI is InChI=1S/C11H17NO5S2/c1-18(14,15)6-7-19(16,17)12-8-10-2-4-11(9-13)5-3-10/h2-5,12-13H,6-9H2,1H3. The summed E-state index contributed by atoms with van der Waals surface area (Å²) >= 11 is 0. The lowest BCUT2D eigenvalue weighted by molar-refractivity contribution is 0.282. The van der Waals surface area contributed by atoms with Gasteiger partial charge in [-0.1, -0.05) is 24.3 Å². The van der Waals surface area contributed by atoms with Gasteiger partial charge in [0.2, 0.25) is 10.0 Å². The largest absolute Gasteiger partial charge is 0.392 e. The van der Waals surface area contributed by atoms with Crippen molar-refractivity contribution < 1.29 is 21.9 Å². The Morgan fingerprint density at radius 3 is 2.00 bits per heavy atom. The van der Waals surface area contributed by atoms with E-state index in [0.29, 0.717) is 0 Å². The molecule has 0 aliphatic rings. The second-order valence-corrected chi connectivity index (χ2v) is 8.43. The third kappa shape index (κ3) is 6.67. The summed E-state index contributed by atoms with van der Waals surface area (Å²) in [6, 6.07) is 6.79. The lowest BCUT2D eigenvalue weighted by Gasteiger charge is -2.06. The molecule has 108 valence electrons. The van der Waals surface area contributed by atoms with Gasteiger partial charge in [0.15, 0.2) is 0 Å². The summed E-state index contributed by atoms with van der Waals surface area (Å²) in [7, 11) is -6.90. The maximum atomic E-state index is 11.6. The van der Waals surface area contributed by atoms with Gasteiger partial charge in [-0.15, -0.1) is 0 Å². The molecule has 0 bridgehead atoms. The molecule has 0 atom stereocenters. The fraction of sp³-hybridized carbons (Fsp3) is 0.455. The van der Waals surface area contributed by atoms with Gasteiger partial charge in [0, 0.05) is 12.8 Å². The van der Waals surface area contributed by atoms with Crippen LogP contribution >= 0.6 is 0 Å². The van der Waals surface area contributed by atoms with Gasteiger partial charge in [-0.2, -0.15) is 0 Å². The smallest absolute Gasteiger partial charge is 0.212 e. The average molecular weight is 307 g/mol. The highest BCUT2D eigenvalue weighted by molar-refractivity contribution is 7.93. The third-order valence-electron chi connectivity index (χ3n) is 2.42. The van der Waals surface area contributed by atoms with Crippen LogP contribution in [0.3, 0.4) is 0 Å². The van der Waals surface area contributed by atoms with Crippen LogP contribution in [-0.4, -0.2) is 39.7 Å². The van der Waals surface area contributed by atoms with Crippen molar-refractivity contribution in [2.45, 2.75) is 13.2 Å². The first kappa shape index (κ1) is 16.1. The molecule has 0 saturated carbocycles. The number of aliphatic hydroxyl groups is 1. The number of nitrogens with one attached hydrogen (secondary N) is 1. The Balaban J connectivity index is 2.55. The summed E-state index contributed by atoms with van der Waals surface area (Å²) in [6.07, 6.45) is 0.996. The molecule has 0 fully saturated rings. The topological polar surface area (TPSA) is 101 Å². The van der Waals surface area contributed by atoms with Crippen LogP contribution in [-0.2, 0) is 33.0 Å². The molecular weight excluding hydrogens is 290 g/mol. The van der Waals surface area contributed by atoms with E-state index >= 15 is 0 Å². The second-order valence-electron chi connectivity index (χ2n) is 4.24. The minimum Gasteiger partial charge on any atom is -0.392 e. The van der Waals surface area contributed by atoms with Crippen LogP contribution in [0.25, 0.3) is 0 Å². The summed E-state index contributed by atoms with van der Waals surface area (Å²) in [5.74, 6) is -0.841. The minimum absolute atomic E-state index is 0.0691. The second kappa shape index (κ2) is 6.47. The minimum atomic E-state index is -3.61. The van der Waals surface area contributed by atoms with Crippen LogP contribution in [0.5, 0.6) is 0 Å². The van der Waals surface area contributed by atoms with E-state index in [2.05, 4.69) is 4.72 Å². The van der Waals surface area contributed by atoms with Crippen LogP contribution in [0.2, 0.25) is 0 Å². The highest BCUT2D eigenvalue weighted by atomic mass is 32.2. The van der Waals surface area contributed by atoms with Crippen LogP contribution in [0.4, 0.5) is 0 Å².